The molecule has 1 amide bonds. The molecule has 17 heavy (non-hydrogen) atoms. The van der Waals surface area contributed by atoms with Gasteiger partial charge in [-0.1, -0.05) is 0 Å². The van der Waals surface area contributed by atoms with Gasteiger partial charge in [0.05, 0.1) is 23.6 Å². The van der Waals surface area contributed by atoms with Crippen LogP contribution < -0.4 is 11.1 Å². The molecule has 1 aliphatic rings. The van der Waals surface area contributed by atoms with Crippen molar-refractivity contribution in [1.82, 2.24) is 10.3 Å². The number of ether oxygens (including phenoxy) is 1. The molecule has 1 heterocycles. The summed E-state index contributed by atoms with van der Waals surface area (Å²) in [5, 5.41) is 2.94. The van der Waals surface area contributed by atoms with Crippen LogP contribution in [0.5, 0.6) is 0 Å². The highest BCUT2D eigenvalue weighted by Crippen LogP contribution is 2.23. The third kappa shape index (κ3) is 2.74. The Morgan fingerprint density at radius 2 is 2.41 bits per heavy atom. The van der Waals surface area contributed by atoms with Gasteiger partial charge in [-0.15, -0.1) is 0 Å². The van der Waals surface area contributed by atoms with Gasteiger partial charge in [0, 0.05) is 18.8 Å². The topological polar surface area (TPSA) is 77.2 Å². The number of nitrogens with two attached hydrogens (primary N) is 1. The Labute approximate surface area is 100 Å². The van der Waals surface area contributed by atoms with Crippen molar-refractivity contribution in [3.8, 4) is 0 Å². The Morgan fingerprint density at radius 1 is 1.65 bits per heavy atom. The average molecular weight is 235 g/mol. The van der Waals surface area contributed by atoms with Gasteiger partial charge in [0.25, 0.3) is 5.91 Å². The van der Waals surface area contributed by atoms with Crippen LogP contribution in [0.2, 0.25) is 0 Å². The summed E-state index contributed by atoms with van der Waals surface area (Å²) in [5.41, 5.74) is 6.58. The van der Waals surface area contributed by atoms with Gasteiger partial charge in [0.2, 0.25) is 0 Å². The predicted molar refractivity (Wildman–Crippen MR) is 64.6 cm³/mol. The number of aromatic nitrogens is 1. The van der Waals surface area contributed by atoms with Crippen LogP contribution in [0.1, 0.15) is 30.1 Å². The monoisotopic (exact) mass is 235 g/mol. The minimum Gasteiger partial charge on any atom is -0.397 e. The molecule has 2 rings (SSSR count). The van der Waals surface area contributed by atoms with E-state index in [-0.39, 0.29) is 11.9 Å². The first-order chi connectivity index (χ1) is 8.20. The molecule has 1 aliphatic carbocycles. The fourth-order valence-corrected chi connectivity index (χ4v) is 1.93. The van der Waals surface area contributed by atoms with Crippen molar-refractivity contribution in [3.05, 3.63) is 24.0 Å². The fourth-order valence-electron chi connectivity index (χ4n) is 1.93. The number of hydrogen-bond acceptors (Lipinski definition) is 4. The second-order valence-electron chi connectivity index (χ2n) is 4.18. The zero-order valence-electron chi connectivity index (χ0n) is 9.85. The molecule has 0 unspecified atom stereocenters. The third-order valence-corrected chi connectivity index (χ3v) is 2.93. The van der Waals surface area contributed by atoms with Gasteiger partial charge in [-0.25, -0.2) is 0 Å². The predicted octanol–water partition coefficient (Wildman–Crippen LogP) is 0.961. The largest absolute Gasteiger partial charge is 0.397 e. The molecule has 0 aromatic carbocycles. The van der Waals surface area contributed by atoms with E-state index in [1.807, 2.05) is 6.92 Å². The van der Waals surface area contributed by atoms with Gasteiger partial charge in [0.1, 0.15) is 0 Å². The molecule has 0 aliphatic heterocycles. The Kier molecular flexibility index (Phi) is 3.58. The van der Waals surface area contributed by atoms with Crippen LogP contribution in [0, 0.1) is 0 Å². The van der Waals surface area contributed by atoms with Gasteiger partial charge >= 0.3 is 0 Å². The molecule has 1 aromatic heterocycles. The maximum Gasteiger partial charge on any atom is 0.253 e. The molecule has 0 spiro atoms. The molecule has 1 fully saturated rings. The molecule has 1 aromatic rings. The normalized spacial score (nSPS) is 22.9. The first-order valence-corrected chi connectivity index (χ1v) is 5.82. The Hall–Kier alpha value is -1.62. The lowest BCUT2D eigenvalue weighted by atomic mass is 9.89. The lowest BCUT2D eigenvalue weighted by Crippen LogP contribution is -2.47. The molecule has 5 nitrogen and oxygen atoms in total. The number of rotatable bonds is 4. The summed E-state index contributed by atoms with van der Waals surface area (Å²) in [4.78, 5) is 15.7. The number of hydrogen-bond donors (Lipinski definition) is 2. The van der Waals surface area contributed by atoms with E-state index in [0.717, 1.165) is 19.4 Å². The van der Waals surface area contributed by atoms with E-state index in [1.165, 1.54) is 6.20 Å². The molecule has 0 atom stereocenters. The summed E-state index contributed by atoms with van der Waals surface area (Å²) < 4.78 is 5.43. The van der Waals surface area contributed by atoms with Crippen LogP contribution in [0.15, 0.2) is 18.5 Å². The zero-order valence-corrected chi connectivity index (χ0v) is 9.85. The van der Waals surface area contributed by atoms with Crippen molar-refractivity contribution in [3.63, 3.8) is 0 Å². The Morgan fingerprint density at radius 3 is 3.06 bits per heavy atom. The van der Waals surface area contributed by atoms with E-state index in [0.29, 0.717) is 17.4 Å². The lowest BCUT2D eigenvalue weighted by Gasteiger charge is -2.35. The number of pyridine rings is 1. The van der Waals surface area contributed by atoms with E-state index in [4.69, 9.17) is 10.5 Å². The van der Waals surface area contributed by atoms with Crippen LogP contribution in [0.25, 0.3) is 0 Å². The summed E-state index contributed by atoms with van der Waals surface area (Å²) in [6.07, 6.45) is 5.10. The minimum atomic E-state index is -0.134. The third-order valence-electron chi connectivity index (χ3n) is 2.93. The van der Waals surface area contributed by atoms with Crippen LogP contribution in [-0.2, 0) is 4.74 Å². The summed E-state index contributed by atoms with van der Waals surface area (Å²) in [5.74, 6) is -0.134. The molecule has 5 heteroatoms. The van der Waals surface area contributed by atoms with E-state index in [2.05, 4.69) is 10.3 Å². The SMILES string of the molecule is CCOC1CC(NC(=O)c2ccncc2N)C1. The second kappa shape index (κ2) is 5.14. The van der Waals surface area contributed by atoms with Gasteiger partial charge in [-0.3, -0.25) is 9.78 Å². The van der Waals surface area contributed by atoms with E-state index in [1.54, 1.807) is 12.3 Å². The highest BCUT2D eigenvalue weighted by Gasteiger charge is 2.31. The van der Waals surface area contributed by atoms with E-state index < -0.39 is 0 Å². The summed E-state index contributed by atoms with van der Waals surface area (Å²) in [6.45, 7) is 2.70. The highest BCUT2D eigenvalue weighted by atomic mass is 16.5. The van der Waals surface area contributed by atoms with Gasteiger partial charge < -0.3 is 15.8 Å². The number of carbonyl (C=O) groups is 1. The number of nitrogen functional groups attached to an aromatic ring is 1. The van der Waals surface area contributed by atoms with E-state index in [9.17, 15) is 4.79 Å². The number of nitrogens with one attached hydrogen (secondary N) is 1. The molecule has 3 N–H and O–H groups in total. The maximum atomic E-state index is 11.9. The van der Waals surface area contributed by atoms with Crippen LogP contribution >= 0.6 is 0 Å². The van der Waals surface area contributed by atoms with E-state index >= 15 is 0 Å². The number of nitrogens with zero attached hydrogens (tertiary/aromatic N) is 1. The van der Waals surface area contributed by atoms with Gasteiger partial charge in [-0.05, 0) is 25.8 Å². The molecular weight excluding hydrogens is 218 g/mol. The molecule has 0 radical (unpaired) electrons. The van der Waals surface area contributed by atoms with Gasteiger partial charge in [-0.2, -0.15) is 0 Å². The molecule has 92 valence electrons. The molecular formula is C12H17N3O2. The highest BCUT2D eigenvalue weighted by molar-refractivity contribution is 5.99. The first-order valence-electron chi connectivity index (χ1n) is 5.82. The molecule has 0 bridgehead atoms. The maximum absolute atomic E-state index is 11.9. The van der Waals surface area contributed by atoms with Crippen LogP contribution in [0.3, 0.4) is 0 Å². The van der Waals surface area contributed by atoms with Crippen molar-refractivity contribution in [2.45, 2.75) is 31.9 Å². The van der Waals surface area contributed by atoms with Crippen LogP contribution in [-0.4, -0.2) is 29.6 Å². The number of carbonyl (C=O) groups excluding carboxylic acids is 1. The van der Waals surface area contributed by atoms with Crippen molar-refractivity contribution < 1.29 is 9.53 Å². The first kappa shape index (κ1) is 11.9. The minimum absolute atomic E-state index is 0.134. The summed E-state index contributed by atoms with van der Waals surface area (Å²) >= 11 is 0. The summed E-state index contributed by atoms with van der Waals surface area (Å²) in [6, 6.07) is 1.83. The summed E-state index contributed by atoms with van der Waals surface area (Å²) in [7, 11) is 0. The number of amides is 1. The average Bonchev–Trinajstić information content (AvgIpc) is 2.26. The molecule has 1 saturated carbocycles. The standard InChI is InChI=1S/C12H17N3O2/c1-2-17-9-5-8(6-9)15-12(16)10-3-4-14-7-11(10)13/h3-4,7-9H,2,5-6,13H2,1H3,(H,15,16). The molecule has 0 saturated heterocycles. The Bertz CT molecular complexity index is 402. The van der Waals surface area contributed by atoms with Gasteiger partial charge in [0.15, 0.2) is 0 Å². The lowest BCUT2D eigenvalue weighted by molar-refractivity contribution is -0.00861. The smallest absolute Gasteiger partial charge is 0.253 e. The second-order valence-corrected chi connectivity index (χ2v) is 4.18. The van der Waals surface area contributed by atoms with Crippen molar-refractivity contribution in [2.75, 3.05) is 12.3 Å². The number of anilines is 1. The quantitative estimate of drug-likeness (QED) is 0.815. The fraction of sp³-hybridized carbons (Fsp3) is 0.500. The van der Waals surface area contributed by atoms with Crippen molar-refractivity contribution in [2.24, 2.45) is 0 Å². The van der Waals surface area contributed by atoms with Crippen molar-refractivity contribution >= 4 is 11.6 Å². The Balaban J connectivity index is 1.85. The van der Waals surface area contributed by atoms with Crippen molar-refractivity contribution in [1.29, 1.82) is 0 Å². The zero-order chi connectivity index (χ0) is 12.3. The van der Waals surface area contributed by atoms with Crippen LogP contribution in [0.4, 0.5) is 5.69 Å².